The maximum Gasteiger partial charge on any atom is 0.190 e. The molecule has 0 unspecified atom stereocenters. The first-order chi connectivity index (χ1) is 15.3. The Kier molecular flexibility index (Phi) is 18.3. The molecule has 0 spiro atoms. The zero-order chi connectivity index (χ0) is 24.1. The summed E-state index contributed by atoms with van der Waals surface area (Å²) in [4.78, 5) is 0. The van der Waals surface area contributed by atoms with E-state index in [0.717, 1.165) is 46.0 Å². The Bertz CT molecular complexity index is 602. The fraction of sp³-hybridized carbons (Fsp3) is 1.00. The summed E-state index contributed by atoms with van der Waals surface area (Å²) in [6.07, 6.45) is 0. The first-order valence-electron chi connectivity index (χ1n) is 11.0. The summed E-state index contributed by atoms with van der Waals surface area (Å²) in [6, 6.07) is 0. The molecule has 0 fully saturated rings. The maximum atomic E-state index is 5.86. The van der Waals surface area contributed by atoms with Crippen molar-refractivity contribution < 1.29 is 0 Å². The minimum atomic E-state index is -2.01. The lowest BCUT2D eigenvalue weighted by Gasteiger charge is -2.33. The Labute approximate surface area is 230 Å². The number of nitrogens with zero attached hydrogens (tertiary/aromatic N) is 4. The van der Waals surface area contributed by atoms with Crippen LogP contribution in [0.5, 0.6) is 0 Å². The summed E-state index contributed by atoms with van der Waals surface area (Å²) in [5.41, 5.74) is -8.03. The van der Waals surface area contributed by atoms with Crippen molar-refractivity contribution in [3.05, 3.63) is 0 Å². The highest BCUT2D eigenvalue weighted by atomic mass is 33.1. The van der Waals surface area contributed by atoms with Crippen LogP contribution in [0.1, 0.15) is 55.4 Å². The van der Waals surface area contributed by atoms with Crippen LogP contribution >= 0.6 is 113 Å². The summed E-state index contributed by atoms with van der Waals surface area (Å²) in [6.45, 7) is 18.1. The molecule has 4 nitrogen and oxygen atoms in total. The Morgan fingerprint density at radius 2 is 0.438 bits per heavy atom. The number of rotatable bonds is 16. The topological polar surface area (TPSA) is 49.4 Å². The number of hydrogen-bond acceptors (Lipinski definition) is 12. The van der Waals surface area contributed by atoms with Gasteiger partial charge in [0, 0.05) is 0 Å². The van der Waals surface area contributed by atoms with E-state index in [1.54, 1.807) is 0 Å². The van der Waals surface area contributed by atoms with Crippen LogP contribution < -0.4 is 0 Å². The third-order valence-electron chi connectivity index (χ3n) is 3.28. The van der Waals surface area contributed by atoms with Gasteiger partial charge in [0.15, 0.2) is 22.4 Å². The lowest BCUT2D eigenvalue weighted by Crippen LogP contribution is -1.83. The molecular formula is C16H40N4P4S8. The van der Waals surface area contributed by atoms with Gasteiger partial charge in [0.05, 0.1) is 0 Å². The van der Waals surface area contributed by atoms with Crippen LogP contribution in [0.4, 0.5) is 0 Å². The molecule has 16 heteroatoms. The monoisotopic (exact) mass is 668 g/mol. The van der Waals surface area contributed by atoms with Gasteiger partial charge in [-0.25, -0.2) is 18.1 Å². The normalized spacial score (nSPS) is 20.8. The smallest absolute Gasteiger partial charge is 0.190 e. The van der Waals surface area contributed by atoms with Gasteiger partial charge in [-0.05, 0) is 46.0 Å². The van der Waals surface area contributed by atoms with Crippen molar-refractivity contribution >= 4 is 113 Å². The molecule has 0 saturated carbocycles. The summed E-state index contributed by atoms with van der Waals surface area (Å²) in [5, 5.41) is 0. The van der Waals surface area contributed by atoms with Crippen molar-refractivity contribution in [2.75, 3.05) is 46.0 Å². The maximum absolute atomic E-state index is 5.86. The summed E-state index contributed by atoms with van der Waals surface area (Å²) in [7, 11) is 0. The summed E-state index contributed by atoms with van der Waals surface area (Å²) < 4.78 is 23.4. The third kappa shape index (κ3) is 10.1. The molecule has 1 rings (SSSR count). The van der Waals surface area contributed by atoms with E-state index in [9.17, 15) is 0 Å². The molecule has 0 N–H and O–H groups in total. The van der Waals surface area contributed by atoms with Gasteiger partial charge in [0.2, 0.25) is 0 Å². The standard InChI is InChI=1S/C16H40N4P4S8/c1-9-25-21(26-10-2)17-22(27-11-3,28-12-4)19-24(31-15-7,32-16-8)20-23(18-21,29-13-5)30-14-6/h9-16H2,1-8H3. The Balaban J connectivity index is 4.24. The Morgan fingerprint density at radius 3 is 0.531 bits per heavy atom. The van der Waals surface area contributed by atoms with E-state index in [0.29, 0.717) is 0 Å². The van der Waals surface area contributed by atoms with E-state index >= 15 is 0 Å². The second kappa shape index (κ2) is 17.3. The summed E-state index contributed by atoms with van der Waals surface area (Å²) in [5.74, 6) is 8.35. The summed E-state index contributed by atoms with van der Waals surface area (Å²) >= 11 is 16.0. The molecule has 1 aliphatic heterocycles. The van der Waals surface area contributed by atoms with Crippen molar-refractivity contribution in [2.45, 2.75) is 55.4 Å². The Morgan fingerprint density at radius 1 is 0.312 bits per heavy atom. The molecule has 0 saturated heterocycles. The highest BCUT2D eigenvalue weighted by Crippen LogP contribution is 2.96. The van der Waals surface area contributed by atoms with Crippen LogP contribution in [0.3, 0.4) is 0 Å². The predicted octanol–water partition coefficient (Wildman–Crippen LogP) is 13.8. The van der Waals surface area contributed by atoms with Crippen molar-refractivity contribution in [1.29, 1.82) is 0 Å². The van der Waals surface area contributed by atoms with E-state index in [1.807, 2.05) is 91.1 Å². The molecule has 0 atom stereocenters. The lowest BCUT2D eigenvalue weighted by atomic mass is 11.0. The van der Waals surface area contributed by atoms with Crippen LogP contribution in [0.15, 0.2) is 18.1 Å². The molecule has 0 radical (unpaired) electrons. The van der Waals surface area contributed by atoms with Crippen LogP contribution in [-0.4, -0.2) is 46.0 Å². The van der Waals surface area contributed by atoms with Gasteiger partial charge in [0.25, 0.3) is 0 Å². The highest BCUT2D eigenvalue weighted by molar-refractivity contribution is 9.00. The molecule has 32 heavy (non-hydrogen) atoms. The minimum absolute atomic E-state index is 1.04. The van der Waals surface area contributed by atoms with Crippen LogP contribution in [-0.2, 0) is 0 Å². The molecule has 0 bridgehead atoms. The minimum Gasteiger partial charge on any atom is -0.202 e. The average molecular weight is 669 g/mol. The third-order valence-corrected chi connectivity index (χ3v) is 47.6. The molecule has 1 aliphatic rings. The Hall–Kier alpha value is 3.72. The lowest BCUT2D eigenvalue weighted by molar-refractivity contribution is 1.53. The van der Waals surface area contributed by atoms with Crippen LogP contribution in [0.2, 0.25) is 0 Å². The SMILES string of the molecule is CCSP1(SCC)=NP(SCC)(SCC)=NP(SCC)(SCC)=NP(SCC)(SCC)=N1. The first kappa shape index (κ1) is 33.7. The van der Waals surface area contributed by atoms with Gasteiger partial charge in [-0.15, -0.1) is 0 Å². The van der Waals surface area contributed by atoms with E-state index in [1.165, 1.54) is 0 Å². The fourth-order valence-corrected chi connectivity index (χ4v) is 63.8. The van der Waals surface area contributed by atoms with E-state index in [4.69, 9.17) is 18.1 Å². The zero-order valence-electron chi connectivity index (χ0n) is 20.5. The quantitative estimate of drug-likeness (QED) is 0.151. The van der Waals surface area contributed by atoms with Gasteiger partial charge in [-0.3, -0.25) is 0 Å². The molecule has 0 aromatic heterocycles. The molecule has 1 heterocycles. The second-order valence-corrected chi connectivity index (χ2v) is 40.3. The number of hydrogen-bond donors (Lipinski definition) is 0. The average Bonchev–Trinajstić information content (AvgIpc) is 2.68. The largest absolute Gasteiger partial charge is 0.202 e. The van der Waals surface area contributed by atoms with Gasteiger partial charge in [0.1, 0.15) is 0 Å². The first-order valence-corrected chi connectivity index (χ1v) is 30.5. The molecular weight excluding hydrogens is 629 g/mol. The second-order valence-electron chi connectivity index (χ2n) is 5.66. The van der Waals surface area contributed by atoms with Gasteiger partial charge in [-0.2, -0.15) is 0 Å². The predicted molar refractivity (Wildman–Crippen MR) is 182 cm³/mol. The zero-order valence-corrected chi connectivity index (χ0v) is 30.6. The van der Waals surface area contributed by atoms with Gasteiger partial charge >= 0.3 is 0 Å². The van der Waals surface area contributed by atoms with Crippen molar-refractivity contribution in [3.8, 4) is 0 Å². The van der Waals surface area contributed by atoms with E-state index < -0.39 is 22.4 Å². The molecule has 192 valence electrons. The fourth-order valence-electron chi connectivity index (χ4n) is 2.55. The molecule has 0 amide bonds. The van der Waals surface area contributed by atoms with Crippen molar-refractivity contribution in [3.63, 3.8) is 0 Å². The van der Waals surface area contributed by atoms with Crippen LogP contribution in [0.25, 0.3) is 0 Å². The van der Waals surface area contributed by atoms with E-state index in [-0.39, 0.29) is 0 Å². The highest BCUT2D eigenvalue weighted by Gasteiger charge is 2.38. The molecule has 0 aromatic rings. The molecule has 0 aromatic carbocycles. The van der Waals surface area contributed by atoms with E-state index in [2.05, 4.69) is 55.4 Å². The van der Waals surface area contributed by atoms with Gasteiger partial charge < -0.3 is 0 Å². The van der Waals surface area contributed by atoms with Crippen molar-refractivity contribution in [1.82, 2.24) is 0 Å². The van der Waals surface area contributed by atoms with Gasteiger partial charge in [-0.1, -0.05) is 146 Å². The van der Waals surface area contributed by atoms with Crippen LogP contribution in [0, 0.1) is 0 Å². The van der Waals surface area contributed by atoms with Crippen molar-refractivity contribution in [2.24, 2.45) is 18.1 Å². The molecule has 0 aliphatic carbocycles.